The summed E-state index contributed by atoms with van der Waals surface area (Å²) in [5, 5.41) is 11.2. The van der Waals surface area contributed by atoms with Gasteiger partial charge in [-0.3, -0.25) is 4.79 Å². The number of nitrogens with one attached hydrogen (secondary N) is 1. The second-order valence-electron chi connectivity index (χ2n) is 5.36. The smallest absolute Gasteiger partial charge is 0.326 e. The van der Waals surface area contributed by atoms with Gasteiger partial charge in [0.1, 0.15) is 6.04 Å². The van der Waals surface area contributed by atoms with E-state index in [9.17, 15) is 22.8 Å². The zero-order chi connectivity index (χ0) is 15.7. The maximum Gasteiger partial charge on any atom is 0.326 e. The lowest BCUT2D eigenvalue weighted by molar-refractivity contribution is -0.142. The van der Waals surface area contributed by atoms with Gasteiger partial charge in [-0.1, -0.05) is 20.8 Å². The number of halogens is 3. The summed E-state index contributed by atoms with van der Waals surface area (Å²) in [6.07, 6.45) is 0. The maximum atomic E-state index is 13.0. The van der Waals surface area contributed by atoms with Crippen LogP contribution in [0.4, 0.5) is 13.2 Å². The number of carbonyl (C=O) groups is 2. The first-order chi connectivity index (χ1) is 9.04. The molecule has 0 aliphatic carbocycles. The first-order valence-electron chi connectivity index (χ1n) is 5.72. The number of hydrogen-bond donors (Lipinski definition) is 2. The Balaban J connectivity index is 3.04. The molecule has 2 N–H and O–H groups in total. The van der Waals surface area contributed by atoms with E-state index in [0.717, 1.165) is 0 Å². The van der Waals surface area contributed by atoms with Crippen molar-refractivity contribution in [3.63, 3.8) is 0 Å². The molecule has 0 bridgehead atoms. The summed E-state index contributed by atoms with van der Waals surface area (Å²) in [5.41, 5.74) is -1.30. The van der Waals surface area contributed by atoms with Crippen LogP contribution < -0.4 is 5.32 Å². The van der Waals surface area contributed by atoms with Crippen LogP contribution in [0.3, 0.4) is 0 Å². The summed E-state index contributed by atoms with van der Waals surface area (Å²) in [4.78, 5) is 22.9. The van der Waals surface area contributed by atoms with Crippen molar-refractivity contribution in [2.45, 2.75) is 26.8 Å². The zero-order valence-electron chi connectivity index (χ0n) is 11.1. The van der Waals surface area contributed by atoms with E-state index in [1.54, 1.807) is 20.8 Å². The van der Waals surface area contributed by atoms with E-state index < -0.39 is 46.3 Å². The molecule has 0 spiro atoms. The average molecular weight is 289 g/mol. The Hall–Kier alpha value is -2.05. The van der Waals surface area contributed by atoms with Crippen molar-refractivity contribution in [2.24, 2.45) is 5.41 Å². The summed E-state index contributed by atoms with van der Waals surface area (Å²) in [7, 11) is 0. The minimum Gasteiger partial charge on any atom is -0.480 e. The SMILES string of the molecule is CC(C)(C)[C@H](NC(=O)c1cc(F)c(F)c(F)c1)C(=O)O. The molecule has 0 aliphatic rings. The summed E-state index contributed by atoms with van der Waals surface area (Å²) >= 11 is 0. The lowest BCUT2D eigenvalue weighted by Gasteiger charge is -2.27. The topological polar surface area (TPSA) is 66.4 Å². The Morgan fingerprint density at radius 2 is 1.60 bits per heavy atom. The Morgan fingerprint density at radius 1 is 1.15 bits per heavy atom. The molecule has 0 fully saturated rings. The third-order valence-corrected chi connectivity index (χ3v) is 2.63. The third-order valence-electron chi connectivity index (χ3n) is 2.63. The average Bonchev–Trinajstić information content (AvgIpc) is 2.30. The summed E-state index contributed by atoms with van der Waals surface area (Å²) in [6, 6.07) is -0.240. The van der Waals surface area contributed by atoms with Crippen LogP contribution in [-0.2, 0) is 4.79 Å². The molecule has 1 amide bonds. The van der Waals surface area contributed by atoms with Gasteiger partial charge in [-0.25, -0.2) is 18.0 Å². The molecule has 4 nitrogen and oxygen atoms in total. The van der Waals surface area contributed by atoms with Crippen LogP contribution in [0.5, 0.6) is 0 Å². The zero-order valence-corrected chi connectivity index (χ0v) is 11.1. The van der Waals surface area contributed by atoms with Gasteiger partial charge in [0.15, 0.2) is 17.5 Å². The minimum absolute atomic E-state index is 0.489. The first kappa shape index (κ1) is 16.0. The van der Waals surface area contributed by atoms with Crippen molar-refractivity contribution in [1.29, 1.82) is 0 Å². The van der Waals surface area contributed by atoms with Crippen LogP contribution in [0.15, 0.2) is 12.1 Å². The summed E-state index contributed by atoms with van der Waals surface area (Å²) in [5.74, 6) is -7.00. The van der Waals surface area contributed by atoms with Gasteiger partial charge in [0.05, 0.1) is 0 Å². The highest BCUT2D eigenvalue weighted by molar-refractivity contribution is 5.96. The molecule has 0 aromatic heterocycles. The van der Waals surface area contributed by atoms with Gasteiger partial charge in [-0.05, 0) is 17.5 Å². The lowest BCUT2D eigenvalue weighted by atomic mass is 9.86. The quantitative estimate of drug-likeness (QED) is 0.839. The third kappa shape index (κ3) is 3.49. The molecule has 7 heteroatoms. The van der Waals surface area contributed by atoms with Gasteiger partial charge < -0.3 is 10.4 Å². The normalized spacial score (nSPS) is 12.9. The van der Waals surface area contributed by atoms with Crippen LogP contribution in [0.2, 0.25) is 0 Å². The van der Waals surface area contributed by atoms with Gasteiger partial charge in [-0.15, -0.1) is 0 Å². The van der Waals surface area contributed by atoms with Crippen molar-refractivity contribution >= 4 is 11.9 Å². The molecule has 20 heavy (non-hydrogen) atoms. The van der Waals surface area contributed by atoms with Crippen LogP contribution in [0.25, 0.3) is 0 Å². The van der Waals surface area contributed by atoms with Crippen molar-refractivity contribution in [2.75, 3.05) is 0 Å². The van der Waals surface area contributed by atoms with Crippen LogP contribution in [-0.4, -0.2) is 23.0 Å². The minimum atomic E-state index is -1.69. The van der Waals surface area contributed by atoms with Gasteiger partial charge >= 0.3 is 5.97 Å². The van der Waals surface area contributed by atoms with Crippen molar-refractivity contribution in [1.82, 2.24) is 5.32 Å². The number of aliphatic carboxylic acids is 1. The van der Waals surface area contributed by atoms with E-state index in [0.29, 0.717) is 12.1 Å². The number of carbonyl (C=O) groups excluding carboxylic acids is 1. The highest BCUT2D eigenvalue weighted by Gasteiger charge is 2.33. The number of carboxylic acid groups (broad SMARTS) is 1. The predicted molar refractivity (Wildman–Crippen MR) is 64.7 cm³/mol. The molecule has 110 valence electrons. The fourth-order valence-electron chi connectivity index (χ4n) is 1.55. The molecule has 0 radical (unpaired) electrons. The Labute approximate surface area is 113 Å². The molecule has 0 aliphatic heterocycles. The Morgan fingerprint density at radius 3 is 1.95 bits per heavy atom. The molecule has 0 saturated heterocycles. The molecule has 0 heterocycles. The maximum absolute atomic E-state index is 13.0. The molecule has 0 unspecified atom stereocenters. The van der Waals surface area contributed by atoms with Gasteiger partial charge in [0.25, 0.3) is 5.91 Å². The number of amides is 1. The fourth-order valence-corrected chi connectivity index (χ4v) is 1.55. The van der Waals surface area contributed by atoms with Gasteiger partial charge in [-0.2, -0.15) is 0 Å². The highest BCUT2D eigenvalue weighted by Crippen LogP contribution is 2.20. The second-order valence-corrected chi connectivity index (χ2v) is 5.36. The Kier molecular flexibility index (Phi) is 4.42. The van der Waals surface area contributed by atoms with Crippen LogP contribution in [0.1, 0.15) is 31.1 Å². The summed E-state index contributed by atoms with van der Waals surface area (Å²) in [6.45, 7) is 4.74. The predicted octanol–water partition coefficient (Wildman–Crippen LogP) is 2.33. The molecule has 1 atom stereocenters. The number of carboxylic acids is 1. The molecule has 0 saturated carbocycles. The van der Waals surface area contributed by atoms with Gasteiger partial charge in [0.2, 0.25) is 0 Å². The van der Waals surface area contributed by atoms with Gasteiger partial charge in [0, 0.05) is 5.56 Å². The number of benzene rings is 1. The molecule has 1 aromatic carbocycles. The van der Waals surface area contributed by atoms with E-state index >= 15 is 0 Å². The molecular weight excluding hydrogens is 275 g/mol. The van der Waals surface area contributed by atoms with E-state index in [1.807, 2.05) is 0 Å². The van der Waals surface area contributed by atoms with E-state index in [1.165, 1.54) is 0 Å². The molecule has 1 rings (SSSR count). The number of hydrogen-bond acceptors (Lipinski definition) is 2. The second kappa shape index (κ2) is 5.52. The van der Waals surface area contributed by atoms with Crippen molar-refractivity contribution in [3.8, 4) is 0 Å². The van der Waals surface area contributed by atoms with Crippen LogP contribution >= 0.6 is 0 Å². The molecule has 1 aromatic rings. The van der Waals surface area contributed by atoms with Crippen molar-refractivity contribution < 1.29 is 27.9 Å². The lowest BCUT2D eigenvalue weighted by Crippen LogP contribution is -2.49. The van der Waals surface area contributed by atoms with E-state index in [4.69, 9.17) is 5.11 Å². The largest absolute Gasteiger partial charge is 0.480 e. The van der Waals surface area contributed by atoms with Crippen molar-refractivity contribution in [3.05, 3.63) is 35.1 Å². The fraction of sp³-hybridized carbons (Fsp3) is 0.385. The standard InChI is InChI=1S/C13H14F3NO3/c1-13(2,3)10(12(19)20)17-11(18)6-4-7(14)9(16)8(15)5-6/h4-5,10H,1-3H3,(H,17,18)(H,19,20)/t10-/m1/s1. The van der Waals surface area contributed by atoms with Crippen LogP contribution in [0, 0.1) is 22.9 Å². The number of rotatable bonds is 3. The van der Waals surface area contributed by atoms with E-state index in [2.05, 4.69) is 5.32 Å². The Bertz CT molecular complexity index is 529. The van der Waals surface area contributed by atoms with E-state index in [-0.39, 0.29) is 0 Å². The summed E-state index contributed by atoms with van der Waals surface area (Å²) < 4.78 is 38.8. The first-order valence-corrected chi connectivity index (χ1v) is 5.72. The highest BCUT2D eigenvalue weighted by atomic mass is 19.2. The molecular formula is C13H14F3NO3. The monoisotopic (exact) mass is 289 g/mol.